The van der Waals surface area contributed by atoms with Crippen molar-refractivity contribution in [2.45, 2.75) is 71.3 Å². The number of hydrogen-bond donors (Lipinski definition) is 0. The summed E-state index contributed by atoms with van der Waals surface area (Å²) < 4.78 is 22.6. The Morgan fingerprint density at radius 3 is 2.05 bits per heavy atom. The molecule has 5 heteroatoms. The van der Waals surface area contributed by atoms with Crippen LogP contribution in [0.4, 0.5) is 4.39 Å². The molecule has 122 valence electrons. The molecule has 0 saturated heterocycles. The van der Waals surface area contributed by atoms with Crippen molar-refractivity contribution in [3.05, 3.63) is 11.9 Å². The molecule has 0 aliphatic carbocycles. The van der Waals surface area contributed by atoms with E-state index < -0.39 is 11.8 Å². The van der Waals surface area contributed by atoms with Gasteiger partial charge in [0, 0.05) is 6.42 Å². The average molecular weight is 302 g/mol. The molecule has 0 heterocycles. The van der Waals surface area contributed by atoms with Gasteiger partial charge in [-0.3, -0.25) is 4.79 Å². The Morgan fingerprint density at radius 2 is 1.52 bits per heavy atom. The second kappa shape index (κ2) is 12.4. The molecule has 0 aromatic rings. The molecule has 0 atom stereocenters. The molecule has 0 N–H and O–H groups in total. The van der Waals surface area contributed by atoms with Gasteiger partial charge in [-0.2, -0.15) is 0 Å². The van der Waals surface area contributed by atoms with Gasteiger partial charge in [0.15, 0.2) is 0 Å². The summed E-state index contributed by atoms with van der Waals surface area (Å²) in [6.45, 7) is 3.68. The van der Waals surface area contributed by atoms with Gasteiger partial charge in [-0.15, -0.1) is 0 Å². The maximum Gasteiger partial charge on any atom is 0.333 e. The Balaban J connectivity index is 3.43. The fourth-order valence-corrected chi connectivity index (χ4v) is 1.85. The Hall–Kier alpha value is -1.39. The molecule has 0 radical (unpaired) electrons. The van der Waals surface area contributed by atoms with E-state index in [-0.39, 0.29) is 18.5 Å². The number of esters is 2. The summed E-state index contributed by atoms with van der Waals surface area (Å²) in [6, 6.07) is 0. The maximum absolute atomic E-state index is 13.2. The highest BCUT2D eigenvalue weighted by atomic mass is 19.1. The first-order valence-corrected chi connectivity index (χ1v) is 7.59. The van der Waals surface area contributed by atoms with Gasteiger partial charge < -0.3 is 9.47 Å². The predicted molar refractivity (Wildman–Crippen MR) is 79.4 cm³/mol. The number of rotatable bonds is 11. The van der Waals surface area contributed by atoms with E-state index in [1.807, 2.05) is 13.8 Å². The predicted octanol–water partition coefficient (Wildman–Crippen LogP) is 4.09. The fraction of sp³-hybridized carbons (Fsp3) is 0.750. The summed E-state index contributed by atoms with van der Waals surface area (Å²) in [4.78, 5) is 22.0. The molecular formula is C16H27FO4. The molecule has 0 aromatic carbocycles. The number of carbonyl (C=O) groups excluding carboxylic acids is 2. The summed E-state index contributed by atoms with van der Waals surface area (Å²) >= 11 is 0. The van der Waals surface area contributed by atoms with Crippen molar-refractivity contribution >= 4 is 11.9 Å². The van der Waals surface area contributed by atoms with Gasteiger partial charge in [0.25, 0.3) is 0 Å². The van der Waals surface area contributed by atoms with Crippen molar-refractivity contribution in [1.29, 1.82) is 0 Å². The molecule has 4 nitrogen and oxygen atoms in total. The lowest BCUT2D eigenvalue weighted by atomic mass is 10.1. The lowest BCUT2D eigenvalue weighted by Crippen LogP contribution is -2.10. The molecule has 0 aliphatic heterocycles. The zero-order chi connectivity index (χ0) is 16.1. The summed E-state index contributed by atoms with van der Waals surface area (Å²) in [5.74, 6) is -1.22. The van der Waals surface area contributed by atoms with Crippen LogP contribution in [-0.4, -0.2) is 25.2 Å². The number of allylic oxidation sites excluding steroid dienone is 1. The smallest absolute Gasteiger partial charge is 0.333 e. The zero-order valence-electron chi connectivity index (χ0n) is 13.3. The first-order valence-electron chi connectivity index (χ1n) is 7.59. The van der Waals surface area contributed by atoms with Crippen molar-refractivity contribution in [1.82, 2.24) is 0 Å². The summed E-state index contributed by atoms with van der Waals surface area (Å²) in [5, 5.41) is 0. The number of ether oxygens (including phenoxy) is 2. The van der Waals surface area contributed by atoms with E-state index >= 15 is 0 Å². The van der Waals surface area contributed by atoms with Crippen LogP contribution in [0.2, 0.25) is 0 Å². The highest BCUT2D eigenvalue weighted by molar-refractivity contribution is 5.82. The standard InChI is InChI=1S/C16H27FO4/c1-13(2)21-15(18)11-9-7-5-4-6-8-10-14(17)12-16(19)20-3/h12-13H,4-11H2,1-3H3/b14-12+. The Labute approximate surface area is 126 Å². The minimum Gasteiger partial charge on any atom is -0.466 e. The molecular weight excluding hydrogens is 275 g/mol. The Morgan fingerprint density at radius 1 is 1.00 bits per heavy atom. The quantitative estimate of drug-likeness (QED) is 0.328. The van der Waals surface area contributed by atoms with Crippen molar-refractivity contribution in [3.63, 3.8) is 0 Å². The van der Waals surface area contributed by atoms with Crippen LogP contribution in [-0.2, 0) is 19.1 Å². The van der Waals surface area contributed by atoms with Crippen LogP contribution in [0.3, 0.4) is 0 Å². The number of unbranched alkanes of at least 4 members (excludes halogenated alkanes) is 5. The number of halogens is 1. The van der Waals surface area contributed by atoms with Gasteiger partial charge in [0.05, 0.1) is 19.3 Å². The van der Waals surface area contributed by atoms with E-state index in [0.717, 1.165) is 38.2 Å². The lowest BCUT2D eigenvalue weighted by molar-refractivity contribution is -0.147. The molecule has 21 heavy (non-hydrogen) atoms. The molecule has 0 amide bonds. The number of carbonyl (C=O) groups is 2. The monoisotopic (exact) mass is 302 g/mol. The van der Waals surface area contributed by atoms with Gasteiger partial charge in [-0.1, -0.05) is 25.7 Å². The topological polar surface area (TPSA) is 52.6 Å². The summed E-state index contributed by atoms with van der Waals surface area (Å²) in [5.41, 5.74) is 0. The largest absolute Gasteiger partial charge is 0.466 e. The molecule has 0 rings (SSSR count). The average Bonchev–Trinajstić information content (AvgIpc) is 2.40. The lowest BCUT2D eigenvalue weighted by Gasteiger charge is -2.07. The van der Waals surface area contributed by atoms with Crippen molar-refractivity contribution in [2.24, 2.45) is 0 Å². The minimum absolute atomic E-state index is 0.0505. The SMILES string of the molecule is COC(=O)/C=C(/F)CCCCCCCCC(=O)OC(C)C. The van der Waals surface area contributed by atoms with Crippen LogP contribution >= 0.6 is 0 Å². The molecule has 0 spiro atoms. The van der Waals surface area contributed by atoms with Gasteiger partial charge in [-0.25, -0.2) is 9.18 Å². The van der Waals surface area contributed by atoms with E-state index in [1.54, 1.807) is 0 Å². The number of methoxy groups -OCH3 is 1. The van der Waals surface area contributed by atoms with Gasteiger partial charge in [0.2, 0.25) is 0 Å². The van der Waals surface area contributed by atoms with Crippen LogP contribution < -0.4 is 0 Å². The van der Waals surface area contributed by atoms with E-state index in [4.69, 9.17) is 4.74 Å². The van der Waals surface area contributed by atoms with Crippen molar-refractivity contribution in [3.8, 4) is 0 Å². The van der Waals surface area contributed by atoms with E-state index in [9.17, 15) is 14.0 Å². The van der Waals surface area contributed by atoms with E-state index in [0.29, 0.717) is 12.8 Å². The van der Waals surface area contributed by atoms with Crippen LogP contribution in [0.1, 0.15) is 65.2 Å². The first-order chi connectivity index (χ1) is 9.95. The van der Waals surface area contributed by atoms with E-state index in [2.05, 4.69) is 4.74 Å². The van der Waals surface area contributed by atoms with Gasteiger partial charge in [0.1, 0.15) is 5.83 Å². The van der Waals surface area contributed by atoms with Crippen LogP contribution in [0, 0.1) is 0 Å². The normalized spacial score (nSPS) is 11.6. The highest BCUT2D eigenvalue weighted by Crippen LogP contribution is 2.13. The third-order valence-corrected chi connectivity index (χ3v) is 2.89. The Kier molecular flexibility index (Phi) is 11.5. The van der Waals surface area contributed by atoms with Gasteiger partial charge in [-0.05, 0) is 33.1 Å². The number of hydrogen-bond acceptors (Lipinski definition) is 4. The highest BCUT2D eigenvalue weighted by Gasteiger charge is 2.04. The van der Waals surface area contributed by atoms with E-state index in [1.165, 1.54) is 7.11 Å². The van der Waals surface area contributed by atoms with Crippen molar-refractivity contribution in [2.75, 3.05) is 7.11 Å². The Bertz CT molecular complexity index is 337. The van der Waals surface area contributed by atoms with Crippen LogP contribution in [0.5, 0.6) is 0 Å². The third kappa shape index (κ3) is 13.4. The summed E-state index contributed by atoms with van der Waals surface area (Å²) in [6.07, 6.45) is 7.06. The third-order valence-electron chi connectivity index (χ3n) is 2.89. The maximum atomic E-state index is 13.2. The van der Waals surface area contributed by atoms with Crippen LogP contribution in [0.15, 0.2) is 11.9 Å². The molecule has 0 aromatic heterocycles. The fourth-order valence-electron chi connectivity index (χ4n) is 1.85. The van der Waals surface area contributed by atoms with Crippen molar-refractivity contribution < 1.29 is 23.5 Å². The summed E-state index contributed by atoms with van der Waals surface area (Å²) in [7, 11) is 1.23. The minimum atomic E-state index is -0.652. The van der Waals surface area contributed by atoms with Crippen LogP contribution in [0.25, 0.3) is 0 Å². The zero-order valence-corrected chi connectivity index (χ0v) is 13.3. The molecule has 0 saturated carbocycles. The van der Waals surface area contributed by atoms with Gasteiger partial charge >= 0.3 is 11.9 Å². The molecule has 0 bridgehead atoms. The second-order valence-electron chi connectivity index (χ2n) is 5.27. The molecule has 0 aliphatic rings. The molecule has 0 unspecified atom stereocenters. The first kappa shape index (κ1) is 19.6. The molecule has 0 fully saturated rings. The second-order valence-corrected chi connectivity index (χ2v) is 5.27.